The molecule has 0 spiro atoms. The predicted molar refractivity (Wildman–Crippen MR) is 104 cm³/mol. The van der Waals surface area contributed by atoms with Gasteiger partial charge in [-0.15, -0.1) is 0 Å². The fourth-order valence-electron chi connectivity index (χ4n) is 3.13. The molecule has 142 valence electrons. The summed E-state index contributed by atoms with van der Waals surface area (Å²) >= 11 is 6.23. The Morgan fingerprint density at radius 1 is 1.11 bits per heavy atom. The first-order valence-electron chi connectivity index (χ1n) is 8.33. The Balaban J connectivity index is 1.98. The minimum absolute atomic E-state index is 0.0321. The first-order chi connectivity index (χ1) is 13.6. The number of hydrogen-bond donors (Lipinski definition) is 2. The molecule has 0 aliphatic carbocycles. The monoisotopic (exact) mass is 398 g/mol. The number of H-pyrrole nitrogens is 1. The molecule has 0 unspecified atom stereocenters. The van der Waals surface area contributed by atoms with Crippen LogP contribution in [0.4, 0.5) is 4.79 Å². The van der Waals surface area contributed by atoms with Crippen molar-refractivity contribution < 1.29 is 24.1 Å². The van der Waals surface area contributed by atoms with Crippen molar-refractivity contribution in [2.75, 3.05) is 7.11 Å². The number of pyridine rings is 1. The van der Waals surface area contributed by atoms with Crippen LogP contribution in [0.2, 0.25) is 5.02 Å². The van der Waals surface area contributed by atoms with E-state index in [1.807, 2.05) is 30.3 Å². The summed E-state index contributed by atoms with van der Waals surface area (Å²) < 4.78 is 16.2. The Bertz CT molecular complexity index is 1190. The topological polar surface area (TPSA) is 93.7 Å². The normalized spacial score (nSPS) is 11.1. The molecule has 0 atom stereocenters. The number of aromatic amines is 1. The summed E-state index contributed by atoms with van der Waals surface area (Å²) in [5.41, 5.74) is 2.00. The van der Waals surface area contributed by atoms with Crippen molar-refractivity contribution in [2.24, 2.45) is 0 Å². The zero-order valence-corrected chi connectivity index (χ0v) is 15.5. The summed E-state index contributed by atoms with van der Waals surface area (Å²) in [6.45, 7) is 0.111. The van der Waals surface area contributed by atoms with Crippen molar-refractivity contribution in [1.29, 1.82) is 0 Å². The summed E-state index contributed by atoms with van der Waals surface area (Å²) in [6, 6.07) is 12.7. The summed E-state index contributed by atoms with van der Waals surface area (Å²) in [5.74, 6) is 1.03. The molecule has 28 heavy (non-hydrogen) atoms. The number of para-hydroxylation sites is 1. The highest BCUT2D eigenvalue weighted by atomic mass is 35.5. The standard InChI is InChI=1S/C20H15ClN2O5/c1-26-10-11-17-14(9-22-19(11)28-20(24)25)23-13-6-4-8-16(18(13)17)27-15-7-3-2-5-12(15)21/h2-9,23H,10H2,1H3,(H,24,25). The molecule has 0 aliphatic heterocycles. The molecule has 0 saturated heterocycles. The first-order valence-corrected chi connectivity index (χ1v) is 8.70. The van der Waals surface area contributed by atoms with E-state index in [0.717, 1.165) is 10.9 Å². The van der Waals surface area contributed by atoms with Crippen molar-refractivity contribution in [1.82, 2.24) is 9.97 Å². The number of rotatable bonds is 5. The van der Waals surface area contributed by atoms with Gasteiger partial charge < -0.3 is 24.3 Å². The number of fused-ring (bicyclic) bond motifs is 3. The maximum absolute atomic E-state index is 11.1. The number of carboxylic acid groups (broad SMARTS) is 1. The van der Waals surface area contributed by atoms with Gasteiger partial charge in [0.15, 0.2) is 0 Å². The van der Waals surface area contributed by atoms with E-state index >= 15 is 0 Å². The number of benzene rings is 2. The molecule has 0 amide bonds. The van der Waals surface area contributed by atoms with Crippen LogP contribution < -0.4 is 9.47 Å². The summed E-state index contributed by atoms with van der Waals surface area (Å²) in [5, 5.41) is 11.0. The molecule has 2 aromatic carbocycles. The minimum Gasteiger partial charge on any atom is -0.455 e. The third kappa shape index (κ3) is 3.21. The van der Waals surface area contributed by atoms with Crippen LogP contribution in [-0.2, 0) is 11.3 Å². The third-order valence-electron chi connectivity index (χ3n) is 4.21. The van der Waals surface area contributed by atoms with Crippen molar-refractivity contribution >= 4 is 39.6 Å². The maximum atomic E-state index is 11.1. The van der Waals surface area contributed by atoms with E-state index in [1.165, 1.54) is 13.3 Å². The number of nitrogens with one attached hydrogen (secondary N) is 1. The van der Waals surface area contributed by atoms with Crippen LogP contribution in [-0.4, -0.2) is 28.3 Å². The van der Waals surface area contributed by atoms with Gasteiger partial charge in [-0.05, 0) is 24.3 Å². The molecule has 0 fully saturated rings. The molecule has 2 N–H and O–H groups in total. The van der Waals surface area contributed by atoms with Crippen molar-refractivity contribution in [3.8, 4) is 17.4 Å². The molecule has 2 heterocycles. The smallest absolute Gasteiger partial charge is 0.455 e. The number of ether oxygens (including phenoxy) is 3. The second kappa shape index (κ2) is 7.38. The first kappa shape index (κ1) is 18.1. The average molecular weight is 399 g/mol. The van der Waals surface area contributed by atoms with Gasteiger partial charge in [0, 0.05) is 12.5 Å². The molecule has 0 bridgehead atoms. The number of methoxy groups -OCH3 is 1. The number of aromatic nitrogens is 2. The summed E-state index contributed by atoms with van der Waals surface area (Å²) in [7, 11) is 1.51. The van der Waals surface area contributed by atoms with Gasteiger partial charge in [0.05, 0.1) is 39.8 Å². The van der Waals surface area contributed by atoms with E-state index in [0.29, 0.717) is 33.0 Å². The van der Waals surface area contributed by atoms with Crippen LogP contribution in [0.5, 0.6) is 17.4 Å². The summed E-state index contributed by atoms with van der Waals surface area (Å²) in [4.78, 5) is 18.4. The number of nitrogens with zero attached hydrogens (tertiary/aromatic N) is 1. The molecule has 7 nitrogen and oxygen atoms in total. The molecule has 8 heteroatoms. The Labute approximate surface area is 164 Å². The molecule has 0 radical (unpaired) electrons. The fraction of sp³-hybridized carbons (Fsp3) is 0.100. The van der Waals surface area contributed by atoms with Crippen LogP contribution in [0.3, 0.4) is 0 Å². The SMILES string of the molecule is COCc1c(OC(=O)O)ncc2[nH]c3cccc(Oc4ccccc4Cl)c3c12. The molecule has 4 aromatic rings. The van der Waals surface area contributed by atoms with E-state index in [9.17, 15) is 4.79 Å². The molecule has 4 rings (SSSR count). The van der Waals surface area contributed by atoms with Gasteiger partial charge in [-0.2, -0.15) is 0 Å². The fourth-order valence-corrected chi connectivity index (χ4v) is 3.31. The molecule has 0 aliphatic rings. The van der Waals surface area contributed by atoms with Crippen molar-refractivity contribution in [2.45, 2.75) is 6.61 Å². The number of hydrogen-bond acceptors (Lipinski definition) is 5. The second-order valence-electron chi connectivity index (χ2n) is 5.97. The van der Waals surface area contributed by atoms with E-state index in [-0.39, 0.29) is 12.5 Å². The lowest BCUT2D eigenvalue weighted by Crippen LogP contribution is -2.07. The zero-order valence-electron chi connectivity index (χ0n) is 14.7. The number of halogens is 1. The second-order valence-corrected chi connectivity index (χ2v) is 6.37. The Morgan fingerprint density at radius 2 is 1.89 bits per heavy atom. The number of carbonyl (C=O) groups is 1. The van der Waals surface area contributed by atoms with Crippen LogP contribution >= 0.6 is 11.6 Å². The lowest BCUT2D eigenvalue weighted by molar-refractivity contribution is 0.139. The Morgan fingerprint density at radius 3 is 2.64 bits per heavy atom. The molecular formula is C20H15ClN2O5. The lowest BCUT2D eigenvalue weighted by Gasteiger charge is -2.11. The highest BCUT2D eigenvalue weighted by Crippen LogP contribution is 2.40. The predicted octanol–water partition coefficient (Wildman–Crippen LogP) is 5.37. The average Bonchev–Trinajstić information content (AvgIpc) is 3.05. The van der Waals surface area contributed by atoms with Gasteiger partial charge in [0.25, 0.3) is 0 Å². The lowest BCUT2D eigenvalue weighted by atomic mass is 10.1. The van der Waals surface area contributed by atoms with E-state index < -0.39 is 6.16 Å². The van der Waals surface area contributed by atoms with E-state index in [4.69, 9.17) is 30.9 Å². The van der Waals surface area contributed by atoms with E-state index in [2.05, 4.69) is 9.97 Å². The third-order valence-corrected chi connectivity index (χ3v) is 4.53. The van der Waals surface area contributed by atoms with Crippen LogP contribution in [0.1, 0.15) is 5.56 Å². The highest BCUT2D eigenvalue weighted by molar-refractivity contribution is 6.32. The van der Waals surface area contributed by atoms with Crippen molar-refractivity contribution in [3.63, 3.8) is 0 Å². The van der Waals surface area contributed by atoms with Gasteiger partial charge in [0.1, 0.15) is 11.5 Å². The van der Waals surface area contributed by atoms with Crippen molar-refractivity contribution in [3.05, 3.63) is 59.2 Å². The Kier molecular flexibility index (Phi) is 4.77. The van der Waals surface area contributed by atoms with Crippen LogP contribution in [0.25, 0.3) is 21.8 Å². The minimum atomic E-state index is -1.45. The molecular weight excluding hydrogens is 384 g/mol. The van der Waals surface area contributed by atoms with Gasteiger partial charge >= 0.3 is 6.16 Å². The van der Waals surface area contributed by atoms with Gasteiger partial charge in [-0.3, -0.25) is 0 Å². The summed E-state index contributed by atoms with van der Waals surface area (Å²) in [6.07, 6.45) is 0.0723. The van der Waals surface area contributed by atoms with Crippen LogP contribution in [0, 0.1) is 0 Å². The quantitative estimate of drug-likeness (QED) is 0.439. The highest BCUT2D eigenvalue weighted by Gasteiger charge is 2.20. The van der Waals surface area contributed by atoms with Gasteiger partial charge in [0.2, 0.25) is 5.88 Å². The maximum Gasteiger partial charge on any atom is 0.512 e. The molecule has 0 saturated carbocycles. The van der Waals surface area contributed by atoms with Crippen LogP contribution in [0.15, 0.2) is 48.7 Å². The Hall–Kier alpha value is -3.29. The van der Waals surface area contributed by atoms with Gasteiger partial charge in [-0.25, -0.2) is 9.78 Å². The van der Waals surface area contributed by atoms with E-state index in [1.54, 1.807) is 12.1 Å². The van der Waals surface area contributed by atoms with Gasteiger partial charge in [-0.1, -0.05) is 29.8 Å². The largest absolute Gasteiger partial charge is 0.512 e. The zero-order chi connectivity index (χ0) is 19.7. The molecule has 2 aromatic heterocycles.